The SMILES string of the molecule is C=C1CCO[C@H]1CC. The fourth-order valence-electron chi connectivity index (χ4n) is 1.02. The molecule has 1 heterocycles. The summed E-state index contributed by atoms with van der Waals surface area (Å²) in [5.74, 6) is 0. The number of hydrogen-bond donors (Lipinski definition) is 0. The summed E-state index contributed by atoms with van der Waals surface area (Å²) in [7, 11) is 0. The maximum Gasteiger partial charge on any atom is 0.0780 e. The van der Waals surface area contributed by atoms with E-state index in [2.05, 4.69) is 13.5 Å². The largest absolute Gasteiger partial charge is 0.374 e. The van der Waals surface area contributed by atoms with Crippen molar-refractivity contribution in [3.8, 4) is 0 Å². The molecule has 1 aliphatic heterocycles. The first-order chi connectivity index (χ1) is 3.84. The van der Waals surface area contributed by atoms with Gasteiger partial charge in [0.05, 0.1) is 12.7 Å². The summed E-state index contributed by atoms with van der Waals surface area (Å²) in [6.07, 6.45) is 2.52. The van der Waals surface area contributed by atoms with Gasteiger partial charge >= 0.3 is 0 Å². The molecule has 0 aromatic rings. The number of ether oxygens (including phenoxy) is 1. The van der Waals surface area contributed by atoms with Gasteiger partial charge in [0.15, 0.2) is 0 Å². The van der Waals surface area contributed by atoms with Crippen LogP contribution in [-0.4, -0.2) is 12.7 Å². The van der Waals surface area contributed by atoms with Gasteiger partial charge < -0.3 is 4.74 Å². The first-order valence-electron chi connectivity index (χ1n) is 3.14. The smallest absolute Gasteiger partial charge is 0.0780 e. The molecular formula is C7H12O. The van der Waals surface area contributed by atoms with E-state index < -0.39 is 0 Å². The molecule has 0 aromatic carbocycles. The lowest BCUT2D eigenvalue weighted by atomic mass is 10.1. The number of rotatable bonds is 1. The second-order valence-corrected chi connectivity index (χ2v) is 2.18. The van der Waals surface area contributed by atoms with Crippen LogP contribution in [0.1, 0.15) is 19.8 Å². The van der Waals surface area contributed by atoms with Crippen LogP contribution in [0.25, 0.3) is 0 Å². The zero-order valence-electron chi connectivity index (χ0n) is 5.31. The summed E-state index contributed by atoms with van der Waals surface area (Å²) in [5.41, 5.74) is 1.27. The minimum absolute atomic E-state index is 0.370. The van der Waals surface area contributed by atoms with Gasteiger partial charge in [-0.1, -0.05) is 13.5 Å². The molecule has 0 bridgehead atoms. The Kier molecular flexibility index (Phi) is 1.69. The van der Waals surface area contributed by atoms with Crippen molar-refractivity contribution in [2.45, 2.75) is 25.9 Å². The molecule has 1 saturated heterocycles. The Morgan fingerprint density at radius 1 is 1.88 bits per heavy atom. The first-order valence-corrected chi connectivity index (χ1v) is 3.14. The Morgan fingerprint density at radius 3 is 2.88 bits per heavy atom. The molecule has 0 spiro atoms. The fourth-order valence-corrected chi connectivity index (χ4v) is 1.02. The monoisotopic (exact) mass is 112 g/mol. The lowest BCUT2D eigenvalue weighted by molar-refractivity contribution is 0.122. The van der Waals surface area contributed by atoms with Crippen molar-refractivity contribution >= 4 is 0 Å². The van der Waals surface area contributed by atoms with E-state index in [4.69, 9.17) is 4.74 Å². The van der Waals surface area contributed by atoms with Gasteiger partial charge in [0.1, 0.15) is 0 Å². The van der Waals surface area contributed by atoms with E-state index in [0.29, 0.717) is 6.10 Å². The summed E-state index contributed by atoms with van der Waals surface area (Å²) in [5, 5.41) is 0. The molecule has 1 heteroatoms. The molecule has 0 saturated carbocycles. The van der Waals surface area contributed by atoms with Crippen molar-refractivity contribution in [1.82, 2.24) is 0 Å². The van der Waals surface area contributed by atoms with Crippen LogP contribution in [0.5, 0.6) is 0 Å². The lowest BCUT2D eigenvalue weighted by Crippen LogP contribution is -2.03. The van der Waals surface area contributed by atoms with E-state index in [1.165, 1.54) is 5.57 Å². The van der Waals surface area contributed by atoms with E-state index in [-0.39, 0.29) is 0 Å². The maximum absolute atomic E-state index is 5.31. The average Bonchev–Trinajstić information content (AvgIpc) is 2.14. The van der Waals surface area contributed by atoms with Crippen LogP contribution in [0.15, 0.2) is 12.2 Å². The van der Waals surface area contributed by atoms with Crippen LogP contribution >= 0.6 is 0 Å². The summed E-state index contributed by atoms with van der Waals surface area (Å²) in [6.45, 7) is 6.89. The van der Waals surface area contributed by atoms with Crippen molar-refractivity contribution in [3.05, 3.63) is 12.2 Å². The van der Waals surface area contributed by atoms with Crippen molar-refractivity contribution in [2.24, 2.45) is 0 Å². The third-order valence-corrected chi connectivity index (χ3v) is 1.57. The molecule has 1 rings (SSSR count). The van der Waals surface area contributed by atoms with Crippen molar-refractivity contribution < 1.29 is 4.74 Å². The third kappa shape index (κ3) is 0.920. The van der Waals surface area contributed by atoms with Crippen molar-refractivity contribution in [2.75, 3.05) is 6.61 Å². The molecule has 0 unspecified atom stereocenters. The van der Waals surface area contributed by atoms with E-state index in [0.717, 1.165) is 19.4 Å². The van der Waals surface area contributed by atoms with E-state index in [1.54, 1.807) is 0 Å². The van der Waals surface area contributed by atoms with Crippen LogP contribution in [0.3, 0.4) is 0 Å². The molecule has 0 radical (unpaired) electrons. The molecule has 0 aromatic heterocycles. The molecule has 1 aliphatic rings. The van der Waals surface area contributed by atoms with Gasteiger partial charge in [-0.05, 0) is 18.4 Å². The minimum atomic E-state index is 0.370. The average molecular weight is 112 g/mol. The Labute approximate surface area is 50.3 Å². The molecular weight excluding hydrogens is 100 g/mol. The fraction of sp³-hybridized carbons (Fsp3) is 0.714. The molecule has 1 fully saturated rings. The Morgan fingerprint density at radius 2 is 2.62 bits per heavy atom. The van der Waals surface area contributed by atoms with E-state index in [9.17, 15) is 0 Å². The lowest BCUT2D eigenvalue weighted by Gasteiger charge is -2.04. The van der Waals surface area contributed by atoms with Crippen LogP contribution in [0.2, 0.25) is 0 Å². The highest BCUT2D eigenvalue weighted by Gasteiger charge is 2.16. The van der Waals surface area contributed by atoms with Crippen molar-refractivity contribution in [1.29, 1.82) is 0 Å². The highest BCUT2D eigenvalue weighted by molar-refractivity contribution is 5.05. The van der Waals surface area contributed by atoms with Gasteiger partial charge in [-0.25, -0.2) is 0 Å². The topological polar surface area (TPSA) is 9.23 Å². The molecule has 0 amide bonds. The van der Waals surface area contributed by atoms with Gasteiger partial charge in [-0.3, -0.25) is 0 Å². The quantitative estimate of drug-likeness (QED) is 0.469. The molecule has 1 atom stereocenters. The first kappa shape index (κ1) is 5.83. The molecule has 0 N–H and O–H groups in total. The number of hydrogen-bond acceptors (Lipinski definition) is 1. The predicted molar refractivity (Wildman–Crippen MR) is 33.8 cm³/mol. The van der Waals surface area contributed by atoms with Gasteiger partial charge in [0.2, 0.25) is 0 Å². The zero-order valence-corrected chi connectivity index (χ0v) is 5.31. The highest BCUT2D eigenvalue weighted by Crippen LogP contribution is 2.19. The van der Waals surface area contributed by atoms with Crippen LogP contribution in [0.4, 0.5) is 0 Å². The van der Waals surface area contributed by atoms with Crippen molar-refractivity contribution in [3.63, 3.8) is 0 Å². The van der Waals surface area contributed by atoms with Gasteiger partial charge in [0, 0.05) is 0 Å². The molecule has 1 nitrogen and oxygen atoms in total. The Bertz CT molecular complexity index is 96.6. The summed E-state index contributed by atoms with van der Waals surface area (Å²) >= 11 is 0. The second kappa shape index (κ2) is 2.31. The van der Waals surface area contributed by atoms with Gasteiger partial charge in [-0.15, -0.1) is 0 Å². The standard InChI is InChI=1S/C7H12O/c1-3-7-6(2)4-5-8-7/h7H,2-5H2,1H3/t7-/m0/s1. The van der Waals surface area contributed by atoms with Crippen LogP contribution in [0, 0.1) is 0 Å². The molecule has 0 aliphatic carbocycles. The highest BCUT2D eigenvalue weighted by atomic mass is 16.5. The molecule has 8 heavy (non-hydrogen) atoms. The minimum Gasteiger partial charge on any atom is -0.374 e. The van der Waals surface area contributed by atoms with Crippen LogP contribution < -0.4 is 0 Å². The third-order valence-electron chi connectivity index (χ3n) is 1.57. The predicted octanol–water partition coefficient (Wildman–Crippen LogP) is 1.74. The normalized spacial score (nSPS) is 29.1. The van der Waals surface area contributed by atoms with E-state index in [1.807, 2.05) is 0 Å². The Balaban J connectivity index is 2.42. The summed E-state index contributed by atoms with van der Waals surface area (Å²) in [6, 6.07) is 0. The molecule has 46 valence electrons. The summed E-state index contributed by atoms with van der Waals surface area (Å²) < 4.78 is 5.31. The second-order valence-electron chi connectivity index (χ2n) is 2.18. The van der Waals surface area contributed by atoms with Crippen LogP contribution in [-0.2, 0) is 4.74 Å². The van der Waals surface area contributed by atoms with Gasteiger partial charge in [-0.2, -0.15) is 0 Å². The van der Waals surface area contributed by atoms with Gasteiger partial charge in [0.25, 0.3) is 0 Å². The summed E-state index contributed by atoms with van der Waals surface area (Å²) in [4.78, 5) is 0. The zero-order chi connectivity index (χ0) is 5.98. The Hall–Kier alpha value is -0.300. The maximum atomic E-state index is 5.31. The van der Waals surface area contributed by atoms with E-state index >= 15 is 0 Å².